The van der Waals surface area contributed by atoms with E-state index in [-0.39, 0.29) is 18.2 Å². The fourth-order valence-corrected chi connectivity index (χ4v) is 4.80. The summed E-state index contributed by atoms with van der Waals surface area (Å²) in [5, 5.41) is 2.98. The molecule has 0 saturated heterocycles. The van der Waals surface area contributed by atoms with E-state index in [2.05, 4.69) is 11.4 Å². The van der Waals surface area contributed by atoms with Gasteiger partial charge in [0.2, 0.25) is 6.79 Å². The van der Waals surface area contributed by atoms with Crippen molar-refractivity contribution in [2.45, 2.75) is 37.6 Å². The lowest BCUT2D eigenvalue weighted by Crippen LogP contribution is -2.50. The molecule has 1 N–H and O–H groups in total. The van der Waals surface area contributed by atoms with Gasteiger partial charge >= 0.3 is 6.03 Å². The molecule has 0 aromatic heterocycles. The van der Waals surface area contributed by atoms with E-state index in [0.717, 1.165) is 24.2 Å². The van der Waals surface area contributed by atoms with Crippen molar-refractivity contribution in [2.75, 3.05) is 25.8 Å². The van der Waals surface area contributed by atoms with Gasteiger partial charge in [-0.1, -0.05) is 6.07 Å². The molecule has 1 spiro atoms. The van der Waals surface area contributed by atoms with Gasteiger partial charge in [0.25, 0.3) is 0 Å². The van der Waals surface area contributed by atoms with E-state index < -0.39 is 0 Å². The summed E-state index contributed by atoms with van der Waals surface area (Å²) in [6.07, 6.45) is 2.56. The maximum Gasteiger partial charge on any atom is 0.322 e. The number of anilines is 1. The standard InChI is InChI=1S/C23H24N2O5/c1-28-18-4-2-3-16(10-18)24-22(27)25-12-15-9-20-21(30-14-29-20)11-19(15)23(13-25)7-5-17(26)6-8-23/h2-4,9-11H,5-8,12-14H2,1H3,(H,24,27). The monoisotopic (exact) mass is 408 g/mol. The first-order chi connectivity index (χ1) is 14.6. The second kappa shape index (κ2) is 7.23. The van der Waals surface area contributed by atoms with E-state index >= 15 is 0 Å². The molecule has 7 heteroatoms. The largest absolute Gasteiger partial charge is 0.497 e. The Morgan fingerprint density at radius 2 is 1.90 bits per heavy atom. The van der Waals surface area contributed by atoms with Crippen LogP contribution < -0.4 is 19.5 Å². The molecule has 156 valence electrons. The Hall–Kier alpha value is -3.22. The van der Waals surface area contributed by atoms with Crippen LogP contribution in [0.3, 0.4) is 0 Å². The van der Waals surface area contributed by atoms with Crippen LogP contribution in [0.25, 0.3) is 0 Å². The Bertz CT molecular complexity index is 1010. The van der Waals surface area contributed by atoms with Crippen LogP contribution in [0.15, 0.2) is 36.4 Å². The summed E-state index contributed by atoms with van der Waals surface area (Å²) in [6, 6.07) is 11.2. The SMILES string of the molecule is COc1cccc(NC(=O)N2Cc3cc4c(cc3C3(CCC(=O)CC3)C2)OCO4)c1. The quantitative estimate of drug-likeness (QED) is 0.817. The maximum atomic E-state index is 13.2. The second-order valence-electron chi connectivity index (χ2n) is 8.20. The van der Waals surface area contributed by atoms with Gasteiger partial charge in [0, 0.05) is 43.1 Å². The van der Waals surface area contributed by atoms with Gasteiger partial charge in [0.15, 0.2) is 11.5 Å². The topological polar surface area (TPSA) is 77.1 Å². The van der Waals surface area contributed by atoms with Gasteiger partial charge in [0.05, 0.1) is 7.11 Å². The van der Waals surface area contributed by atoms with Gasteiger partial charge in [-0.05, 0) is 48.2 Å². The first-order valence-corrected chi connectivity index (χ1v) is 10.2. The molecule has 7 nitrogen and oxygen atoms in total. The molecule has 0 radical (unpaired) electrons. The third-order valence-electron chi connectivity index (χ3n) is 6.40. The number of ether oxygens (including phenoxy) is 3. The van der Waals surface area contributed by atoms with Gasteiger partial charge in [0.1, 0.15) is 11.5 Å². The van der Waals surface area contributed by atoms with E-state index in [9.17, 15) is 9.59 Å². The number of nitrogens with zero attached hydrogens (tertiary/aromatic N) is 1. The molecule has 1 aliphatic carbocycles. The van der Waals surface area contributed by atoms with Crippen LogP contribution in [0.5, 0.6) is 17.2 Å². The lowest BCUT2D eigenvalue weighted by atomic mass is 9.66. The van der Waals surface area contributed by atoms with Crippen LogP contribution >= 0.6 is 0 Å². The zero-order chi connectivity index (χ0) is 20.7. The Labute approximate surface area is 174 Å². The number of fused-ring (bicyclic) bond motifs is 3. The number of Topliss-reactive ketones (excluding diaryl/α,β-unsaturated/α-hetero) is 1. The highest BCUT2D eigenvalue weighted by Gasteiger charge is 2.44. The summed E-state index contributed by atoms with van der Waals surface area (Å²) in [6.45, 7) is 1.27. The van der Waals surface area contributed by atoms with Crippen LogP contribution in [0.2, 0.25) is 0 Å². The van der Waals surface area contributed by atoms with E-state index in [1.165, 1.54) is 5.56 Å². The van der Waals surface area contributed by atoms with Gasteiger partial charge < -0.3 is 24.4 Å². The Kier molecular flexibility index (Phi) is 4.53. The number of hydrogen-bond donors (Lipinski definition) is 1. The number of hydrogen-bond acceptors (Lipinski definition) is 5. The number of benzene rings is 2. The molecule has 2 aromatic carbocycles. The van der Waals surface area contributed by atoms with Crippen molar-refractivity contribution in [3.05, 3.63) is 47.5 Å². The minimum absolute atomic E-state index is 0.164. The Morgan fingerprint density at radius 1 is 1.13 bits per heavy atom. The number of nitrogens with one attached hydrogen (secondary N) is 1. The van der Waals surface area contributed by atoms with Crippen LogP contribution in [-0.4, -0.2) is 37.2 Å². The van der Waals surface area contributed by atoms with Gasteiger partial charge in [-0.2, -0.15) is 0 Å². The number of urea groups is 1. The molecule has 2 aliphatic heterocycles. The van der Waals surface area contributed by atoms with Crippen molar-refractivity contribution in [3.8, 4) is 17.2 Å². The van der Waals surface area contributed by atoms with Crippen LogP contribution in [0, 0.1) is 0 Å². The fourth-order valence-electron chi connectivity index (χ4n) is 4.80. The first kappa shape index (κ1) is 18.8. The number of carbonyl (C=O) groups excluding carboxylic acids is 2. The highest BCUT2D eigenvalue weighted by molar-refractivity contribution is 5.90. The molecule has 30 heavy (non-hydrogen) atoms. The average molecular weight is 408 g/mol. The molecular weight excluding hydrogens is 384 g/mol. The Morgan fingerprint density at radius 3 is 2.67 bits per heavy atom. The van der Waals surface area contributed by atoms with Gasteiger partial charge in [-0.25, -0.2) is 4.79 Å². The summed E-state index contributed by atoms with van der Waals surface area (Å²) in [5.41, 5.74) is 2.68. The second-order valence-corrected chi connectivity index (χ2v) is 8.20. The molecule has 0 atom stereocenters. The molecule has 1 fully saturated rings. The van der Waals surface area contributed by atoms with Crippen molar-refractivity contribution in [2.24, 2.45) is 0 Å². The third kappa shape index (κ3) is 3.24. The minimum Gasteiger partial charge on any atom is -0.497 e. The van der Waals surface area contributed by atoms with E-state index in [1.807, 2.05) is 29.2 Å². The van der Waals surface area contributed by atoms with Crippen molar-refractivity contribution in [1.29, 1.82) is 0 Å². The summed E-state index contributed by atoms with van der Waals surface area (Å²) in [5.74, 6) is 2.44. The lowest BCUT2D eigenvalue weighted by molar-refractivity contribution is -0.121. The normalized spacial score (nSPS) is 18.8. The molecule has 0 bridgehead atoms. The van der Waals surface area contributed by atoms with Crippen molar-refractivity contribution in [3.63, 3.8) is 0 Å². The molecule has 3 aliphatic rings. The molecule has 2 amide bonds. The zero-order valence-corrected chi connectivity index (χ0v) is 16.9. The Balaban J connectivity index is 1.46. The van der Waals surface area contributed by atoms with E-state index in [4.69, 9.17) is 14.2 Å². The van der Waals surface area contributed by atoms with Crippen LogP contribution in [-0.2, 0) is 16.8 Å². The number of ketones is 1. The van der Waals surface area contributed by atoms with Crippen molar-refractivity contribution >= 4 is 17.5 Å². The fraction of sp³-hybridized carbons (Fsp3) is 0.391. The summed E-state index contributed by atoms with van der Waals surface area (Å²) in [7, 11) is 1.60. The maximum absolute atomic E-state index is 13.2. The van der Waals surface area contributed by atoms with Gasteiger partial charge in [-0.3, -0.25) is 4.79 Å². The molecule has 2 aromatic rings. The van der Waals surface area contributed by atoms with Gasteiger partial charge in [-0.15, -0.1) is 0 Å². The van der Waals surface area contributed by atoms with Crippen molar-refractivity contribution in [1.82, 2.24) is 4.90 Å². The number of methoxy groups -OCH3 is 1. The highest BCUT2D eigenvalue weighted by Crippen LogP contribution is 2.48. The smallest absolute Gasteiger partial charge is 0.322 e. The van der Waals surface area contributed by atoms with E-state index in [0.29, 0.717) is 48.9 Å². The van der Waals surface area contributed by atoms with E-state index in [1.54, 1.807) is 13.2 Å². The summed E-state index contributed by atoms with van der Waals surface area (Å²) >= 11 is 0. The highest BCUT2D eigenvalue weighted by atomic mass is 16.7. The molecule has 5 rings (SSSR count). The van der Waals surface area contributed by atoms with Crippen LogP contribution in [0.1, 0.15) is 36.8 Å². The predicted molar refractivity (Wildman–Crippen MR) is 110 cm³/mol. The van der Waals surface area contributed by atoms with Crippen molar-refractivity contribution < 1.29 is 23.8 Å². The molecule has 2 heterocycles. The average Bonchev–Trinajstić information content (AvgIpc) is 3.22. The predicted octanol–water partition coefficient (Wildman–Crippen LogP) is 3.85. The molecular formula is C23H24N2O5. The van der Waals surface area contributed by atoms with Crippen LogP contribution in [0.4, 0.5) is 10.5 Å². The third-order valence-corrected chi connectivity index (χ3v) is 6.40. The zero-order valence-electron chi connectivity index (χ0n) is 16.9. The number of rotatable bonds is 2. The molecule has 1 saturated carbocycles. The number of carbonyl (C=O) groups is 2. The summed E-state index contributed by atoms with van der Waals surface area (Å²) in [4.78, 5) is 26.9. The lowest BCUT2D eigenvalue weighted by Gasteiger charge is -2.46. The minimum atomic E-state index is -0.242. The first-order valence-electron chi connectivity index (χ1n) is 10.2. The summed E-state index contributed by atoms with van der Waals surface area (Å²) < 4.78 is 16.4. The number of amides is 2. The molecule has 0 unspecified atom stereocenters.